The molecule has 0 atom stereocenters. The molecule has 1 fully saturated rings. The van der Waals surface area contributed by atoms with Gasteiger partial charge in [0.25, 0.3) is 0 Å². The van der Waals surface area contributed by atoms with E-state index in [0.29, 0.717) is 5.41 Å². The Morgan fingerprint density at radius 3 is 2.55 bits per heavy atom. The molecular formula is C23H39IN4O. The zero-order valence-corrected chi connectivity index (χ0v) is 20.9. The fourth-order valence-corrected chi connectivity index (χ4v) is 4.43. The van der Waals surface area contributed by atoms with Crippen LogP contribution in [0.1, 0.15) is 50.7 Å². The molecule has 5 nitrogen and oxygen atoms in total. The summed E-state index contributed by atoms with van der Waals surface area (Å²) in [7, 11) is 3.66. The first-order chi connectivity index (χ1) is 13.5. The Bertz CT molecular complexity index is 673. The first kappa shape index (κ1) is 24.4. The molecule has 1 aromatic rings. The summed E-state index contributed by atoms with van der Waals surface area (Å²) in [6, 6.07) is 8.84. The molecule has 1 aliphatic carbocycles. The molecule has 0 saturated heterocycles. The highest BCUT2D eigenvalue weighted by molar-refractivity contribution is 14.0. The molecule has 29 heavy (non-hydrogen) atoms. The number of hydrogen-bond donors (Lipinski definition) is 2. The maximum absolute atomic E-state index is 5.31. The van der Waals surface area contributed by atoms with Gasteiger partial charge in [-0.1, -0.05) is 30.7 Å². The quantitative estimate of drug-likeness (QED) is 0.315. The van der Waals surface area contributed by atoms with Crippen LogP contribution < -0.4 is 10.6 Å². The van der Waals surface area contributed by atoms with Crippen molar-refractivity contribution in [3.05, 3.63) is 35.4 Å². The van der Waals surface area contributed by atoms with E-state index in [9.17, 15) is 0 Å². The van der Waals surface area contributed by atoms with E-state index in [-0.39, 0.29) is 29.5 Å². The Morgan fingerprint density at radius 1 is 1.21 bits per heavy atom. The van der Waals surface area contributed by atoms with Gasteiger partial charge in [-0.15, -0.1) is 24.0 Å². The first-order valence-electron chi connectivity index (χ1n) is 10.7. The predicted molar refractivity (Wildman–Crippen MR) is 132 cm³/mol. The van der Waals surface area contributed by atoms with Gasteiger partial charge >= 0.3 is 0 Å². The number of fused-ring (bicyclic) bond motifs is 1. The number of benzene rings is 1. The van der Waals surface area contributed by atoms with Crippen molar-refractivity contribution in [2.24, 2.45) is 10.4 Å². The number of nitrogens with zero attached hydrogens (tertiary/aromatic N) is 2. The van der Waals surface area contributed by atoms with Crippen molar-refractivity contribution >= 4 is 29.9 Å². The molecule has 3 rings (SSSR count). The molecule has 0 bridgehead atoms. The van der Waals surface area contributed by atoms with Crippen molar-refractivity contribution in [1.82, 2.24) is 15.5 Å². The molecule has 1 heterocycles. The molecule has 1 aromatic carbocycles. The van der Waals surface area contributed by atoms with Gasteiger partial charge in [0.05, 0.1) is 0 Å². The van der Waals surface area contributed by atoms with Crippen LogP contribution in [0.2, 0.25) is 0 Å². The van der Waals surface area contributed by atoms with Gasteiger partial charge in [-0.05, 0) is 56.1 Å². The second kappa shape index (κ2) is 11.0. The molecule has 2 N–H and O–H groups in total. The standard InChI is InChI=1S/C23H38N4O.HI/c1-22(2,27-14-10-19-8-5-6-9-20(19)16-27)17-25-21(24-3)26-18-23(11-7-12-23)13-15-28-4;/h5-6,8-9H,7,10-18H2,1-4H3,(H2,24,25,26);1H. The molecular weight excluding hydrogens is 475 g/mol. The largest absolute Gasteiger partial charge is 0.385 e. The third kappa shape index (κ3) is 6.31. The first-order valence-corrected chi connectivity index (χ1v) is 10.7. The monoisotopic (exact) mass is 514 g/mol. The summed E-state index contributed by atoms with van der Waals surface area (Å²) in [5, 5.41) is 7.15. The molecule has 164 valence electrons. The number of aliphatic imine (C=N–C) groups is 1. The van der Waals surface area contributed by atoms with Crippen LogP contribution in [0.5, 0.6) is 0 Å². The van der Waals surface area contributed by atoms with Crippen LogP contribution in [0.25, 0.3) is 0 Å². The number of halogens is 1. The Morgan fingerprint density at radius 2 is 1.93 bits per heavy atom. The average Bonchev–Trinajstić information content (AvgIpc) is 2.68. The van der Waals surface area contributed by atoms with Crippen molar-refractivity contribution in [3.8, 4) is 0 Å². The summed E-state index contributed by atoms with van der Waals surface area (Å²) in [4.78, 5) is 7.04. The van der Waals surface area contributed by atoms with Crippen molar-refractivity contribution in [2.75, 3.05) is 40.4 Å². The summed E-state index contributed by atoms with van der Waals surface area (Å²) < 4.78 is 5.31. The lowest BCUT2D eigenvalue weighted by Gasteiger charge is -2.43. The van der Waals surface area contributed by atoms with E-state index in [1.54, 1.807) is 7.11 Å². The van der Waals surface area contributed by atoms with Crippen LogP contribution in [-0.2, 0) is 17.7 Å². The van der Waals surface area contributed by atoms with E-state index < -0.39 is 0 Å². The third-order valence-corrected chi connectivity index (χ3v) is 6.78. The van der Waals surface area contributed by atoms with Crippen LogP contribution in [0.15, 0.2) is 29.3 Å². The lowest BCUT2D eigenvalue weighted by molar-refractivity contribution is 0.0730. The summed E-state index contributed by atoms with van der Waals surface area (Å²) in [6.07, 6.45) is 6.18. The minimum atomic E-state index is 0. The van der Waals surface area contributed by atoms with E-state index >= 15 is 0 Å². The maximum atomic E-state index is 5.31. The van der Waals surface area contributed by atoms with Crippen LogP contribution in [0.4, 0.5) is 0 Å². The summed E-state index contributed by atoms with van der Waals surface area (Å²) in [5.41, 5.74) is 3.42. The molecule has 0 unspecified atom stereocenters. The maximum Gasteiger partial charge on any atom is 0.191 e. The van der Waals surface area contributed by atoms with Gasteiger partial charge in [-0.3, -0.25) is 9.89 Å². The third-order valence-electron chi connectivity index (χ3n) is 6.78. The van der Waals surface area contributed by atoms with Gasteiger partial charge in [-0.25, -0.2) is 0 Å². The van der Waals surface area contributed by atoms with Crippen molar-refractivity contribution in [2.45, 2.75) is 58.0 Å². The van der Waals surface area contributed by atoms with Crippen LogP contribution >= 0.6 is 24.0 Å². The highest BCUT2D eigenvalue weighted by Crippen LogP contribution is 2.43. The highest BCUT2D eigenvalue weighted by Gasteiger charge is 2.36. The Balaban J connectivity index is 0.00000300. The minimum absolute atomic E-state index is 0. The number of ether oxygens (including phenoxy) is 1. The van der Waals surface area contributed by atoms with Crippen molar-refractivity contribution in [3.63, 3.8) is 0 Å². The summed E-state index contributed by atoms with van der Waals surface area (Å²) in [5.74, 6) is 0.911. The van der Waals surface area contributed by atoms with E-state index in [2.05, 4.69) is 58.6 Å². The SMILES string of the molecule is CN=C(NCC1(CCOC)CCC1)NCC(C)(C)N1CCc2ccccc2C1.I. The Kier molecular flexibility index (Phi) is 9.22. The smallest absolute Gasteiger partial charge is 0.191 e. The molecule has 0 radical (unpaired) electrons. The van der Waals surface area contributed by atoms with Gasteiger partial charge in [0.15, 0.2) is 5.96 Å². The number of nitrogens with one attached hydrogen (secondary N) is 2. The van der Waals surface area contributed by atoms with Crippen LogP contribution in [0, 0.1) is 5.41 Å². The van der Waals surface area contributed by atoms with Crippen LogP contribution in [0.3, 0.4) is 0 Å². The zero-order chi connectivity index (χ0) is 20.0. The zero-order valence-electron chi connectivity index (χ0n) is 18.6. The average molecular weight is 514 g/mol. The van der Waals surface area contributed by atoms with Gasteiger partial charge in [0, 0.05) is 52.5 Å². The van der Waals surface area contributed by atoms with E-state index in [0.717, 1.165) is 51.6 Å². The van der Waals surface area contributed by atoms with Gasteiger partial charge in [0.1, 0.15) is 0 Å². The Hall–Kier alpha value is -0.860. The lowest BCUT2D eigenvalue weighted by Crippen LogP contribution is -2.55. The van der Waals surface area contributed by atoms with Gasteiger partial charge in [0.2, 0.25) is 0 Å². The molecule has 6 heteroatoms. The second-order valence-corrected chi connectivity index (χ2v) is 9.13. The fourth-order valence-electron chi connectivity index (χ4n) is 4.43. The van der Waals surface area contributed by atoms with Crippen LogP contribution in [-0.4, -0.2) is 56.8 Å². The second-order valence-electron chi connectivity index (χ2n) is 9.13. The number of rotatable bonds is 8. The lowest BCUT2D eigenvalue weighted by atomic mass is 9.67. The predicted octanol–water partition coefficient (Wildman–Crippen LogP) is 3.81. The van der Waals surface area contributed by atoms with Crippen molar-refractivity contribution in [1.29, 1.82) is 0 Å². The van der Waals surface area contributed by atoms with Gasteiger partial charge in [-0.2, -0.15) is 0 Å². The van der Waals surface area contributed by atoms with E-state index in [1.807, 2.05) is 7.05 Å². The fraction of sp³-hybridized carbons (Fsp3) is 0.696. The Labute approximate surface area is 194 Å². The topological polar surface area (TPSA) is 48.9 Å². The normalized spacial score (nSPS) is 19.0. The van der Waals surface area contributed by atoms with Crippen molar-refractivity contribution < 1.29 is 4.74 Å². The molecule has 1 aliphatic heterocycles. The molecule has 2 aliphatic rings. The summed E-state index contributed by atoms with van der Waals surface area (Å²) >= 11 is 0. The molecule has 0 spiro atoms. The molecule has 0 aromatic heterocycles. The summed E-state index contributed by atoms with van der Waals surface area (Å²) in [6.45, 7) is 9.49. The molecule has 0 amide bonds. The number of guanidine groups is 1. The van der Waals surface area contributed by atoms with E-state index in [4.69, 9.17) is 4.74 Å². The van der Waals surface area contributed by atoms with E-state index in [1.165, 1.54) is 30.4 Å². The molecule has 1 saturated carbocycles. The minimum Gasteiger partial charge on any atom is -0.385 e. The highest BCUT2D eigenvalue weighted by atomic mass is 127. The number of methoxy groups -OCH3 is 1. The number of hydrogen-bond acceptors (Lipinski definition) is 3. The van der Waals surface area contributed by atoms with Gasteiger partial charge < -0.3 is 15.4 Å².